The molecule has 0 amide bonds. The van der Waals surface area contributed by atoms with Gasteiger partial charge in [0.15, 0.2) is 0 Å². The first-order chi connectivity index (χ1) is 10.3. The van der Waals surface area contributed by atoms with Gasteiger partial charge in [0.05, 0.1) is 0 Å². The standard InChI is InChI=1S/C8H9.2C6H5.Bi/c1-7-4-3-5-8(2)6-7;2*1-2-4-6-5-3-1;/h3-4,6H,1-2H3;2*1-5H;. The molecular formula is C20H19Bi. The van der Waals surface area contributed by atoms with E-state index < -0.39 is 21.8 Å². The van der Waals surface area contributed by atoms with E-state index in [9.17, 15) is 0 Å². The fourth-order valence-electron chi connectivity index (χ4n) is 2.64. The van der Waals surface area contributed by atoms with Crippen LogP contribution in [-0.4, -0.2) is 21.8 Å². The van der Waals surface area contributed by atoms with Crippen LogP contribution in [0.15, 0.2) is 78.9 Å². The van der Waals surface area contributed by atoms with Gasteiger partial charge in [-0.1, -0.05) is 0 Å². The van der Waals surface area contributed by atoms with Crippen molar-refractivity contribution in [3.8, 4) is 0 Å². The van der Waals surface area contributed by atoms with Crippen LogP contribution in [0.1, 0.15) is 11.1 Å². The molecule has 0 fully saturated rings. The van der Waals surface area contributed by atoms with Crippen molar-refractivity contribution in [3.63, 3.8) is 0 Å². The van der Waals surface area contributed by atoms with Crippen LogP contribution in [0.3, 0.4) is 0 Å². The molecule has 0 unspecified atom stereocenters. The molecule has 0 aliphatic rings. The van der Waals surface area contributed by atoms with Crippen LogP contribution in [0, 0.1) is 13.8 Å². The third-order valence-electron chi connectivity index (χ3n) is 3.62. The van der Waals surface area contributed by atoms with E-state index in [2.05, 4.69) is 92.7 Å². The first-order valence-electron chi connectivity index (χ1n) is 7.23. The summed E-state index contributed by atoms with van der Waals surface area (Å²) in [5.41, 5.74) is 2.79. The Morgan fingerprint density at radius 3 is 1.62 bits per heavy atom. The van der Waals surface area contributed by atoms with Gasteiger partial charge in [-0.05, 0) is 0 Å². The molecule has 3 aromatic rings. The molecule has 0 aliphatic heterocycles. The Morgan fingerprint density at radius 2 is 1.14 bits per heavy atom. The third kappa shape index (κ3) is 3.25. The summed E-state index contributed by atoms with van der Waals surface area (Å²) in [4.78, 5) is 0. The van der Waals surface area contributed by atoms with Gasteiger partial charge in [0.25, 0.3) is 0 Å². The molecule has 0 saturated heterocycles. The summed E-state index contributed by atoms with van der Waals surface area (Å²) >= 11 is -2.15. The molecule has 0 nitrogen and oxygen atoms in total. The van der Waals surface area contributed by atoms with E-state index >= 15 is 0 Å². The normalized spacial score (nSPS) is 10.8. The van der Waals surface area contributed by atoms with Gasteiger partial charge in [0.2, 0.25) is 0 Å². The fourth-order valence-corrected chi connectivity index (χ4v) is 12.1. The van der Waals surface area contributed by atoms with Crippen LogP contribution in [-0.2, 0) is 0 Å². The summed E-state index contributed by atoms with van der Waals surface area (Å²) in [7, 11) is 0. The monoisotopic (exact) mass is 468 g/mol. The molecule has 0 aliphatic carbocycles. The van der Waals surface area contributed by atoms with Crippen molar-refractivity contribution in [3.05, 3.63) is 90.0 Å². The Hall–Kier alpha value is -1.46. The summed E-state index contributed by atoms with van der Waals surface area (Å²) in [6, 6.07) is 29.1. The summed E-state index contributed by atoms with van der Waals surface area (Å²) in [5.74, 6) is 0. The topological polar surface area (TPSA) is 0 Å². The summed E-state index contributed by atoms with van der Waals surface area (Å²) in [6.45, 7) is 4.43. The van der Waals surface area contributed by atoms with Gasteiger partial charge in [-0.15, -0.1) is 0 Å². The molecule has 0 N–H and O–H groups in total. The van der Waals surface area contributed by atoms with Gasteiger partial charge in [-0.3, -0.25) is 0 Å². The molecule has 0 aromatic heterocycles. The third-order valence-corrected chi connectivity index (χ3v) is 13.8. The summed E-state index contributed by atoms with van der Waals surface area (Å²) in [6.07, 6.45) is 0. The van der Waals surface area contributed by atoms with Crippen LogP contribution in [0.5, 0.6) is 0 Å². The maximum absolute atomic E-state index is 2.36. The zero-order valence-electron chi connectivity index (χ0n) is 12.5. The van der Waals surface area contributed by atoms with E-state index in [-0.39, 0.29) is 0 Å². The molecule has 0 radical (unpaired) electrons. The molecule has 0 saturated carbocycles. The second-order valence-corrected chi connectivity index (χ2v) is 13.8. The minimum absolute atomic E-state index is 1.35. The van der Waals surface area contributed by atoms with Crippen molar-refractivity contribution < 1.29 is 0 Å². The van der Waals surface area contributed by atoms with Crippen LogP contribution < -0.4 is 9.81 Å². The van der Waals surface area contributed by atoms with Crippen molar-refractivity contribution in [1.82, 2.24) is 0 Å². The van der Waals surface area contributed by atoms with Gasteiger partial charge in [0, 0.05) is 0 Å². The Morgan fingerprint density at radius 1 is 0.619 bits per heavy atom. The van der Waals surface area contributed by atoms with Crippen LogP contribution in [0.2, 0.25) is 0 Å². The molecule has 0 atom stereocenters. The number of rotatable bonds is 3. The molecule has 0 spiro atoms. The van der Waals surface area contributed by atoms with Crippen molar-refractivity contribution in [2.24, 2.45) is 0 Å². The molecule has 0 bridgehead atoms. The Balaban J connectivity index is 2.17. The van der Waals surface area contributed by atoms with Crippen molar-refractivity contribution in [2.45, 2.75) is 13.8 Å². The molecule has 104 valence electrons. The second-order valence-electron chi connectivity index (χ2n) is 5.30. The number of hydrogen-bond donors (Lipinski definition) is 0. The van der Waals surface area contributed by atoms with Crippen molar-refractivity contribution in [2.75, 3.05) is 0 Å². The van der Waals surface area contributed by atoms with Gasteiger partial charge < -0.3 is 0 Å². The fraction of sp³-hybridized carbons (Fsp3) is 0.100. The van der Waals surface area contributed by atoms with Crippen molar-refractivity contribution >= 4 is 31.6 Å². The predicted molar refractivity (Wildman–Crippen MR) is 93.5 cm³/mol. The number of benzene rings is 3. The zero-order chi connectivity index (χ0) is 14.7. The van der Waals surface area contributed by atoms with Crippen LogP contribution in [0.25, 0.3) is 0 Å². The van der Waals surface area contributed by atoms with Crippen LogP contribution in [0.4, 0.5) is 0 Å². The molecule has 0 heterocycles. The van der Waals surface area contributed by atoms with E-state index in [4.69, 9.17) is 0 Å². The van der Waals surface area contributed by atoms with E-state index in [1.54, 1.807) is 9.81 Å². The van der Waals surface area contributed by atoms with E-state index in [1.165, 1.54) is 11.1 Å². The van der Waals surface area contributed by atoms with Gasteiger partial charge in [-0.2, -0.15) is 0 Å². The SMILES string of the molecule is Cc1cc[c]([Bi]([c]2ccccc2)[c]2ccccc2)c(C)c1. The quantitative estimate of drug-likeness (QED) is 0.519. The first kappa shape index (κ1) is 14.5. The minimum atomic E-state index is -2.15. The predicted octanol–water partition coefficient (Wildman–Crippen LogP) is 2.82. The maximum atomic E-state index is 2.36. The number of aryl methyl sites for hydroxylation is 2. The molecule has 1 heteroatoms. The molecule has 3 aromatic carbocycles. The van der Waals surface area contributed by atoms with Crippen LogP contribution >= 0.6 is 0 Å². The van der Waals surface area contributed by atoms with E-state index in [0.29, 0.717) is 0 Å². The van der Waals surface area contributed by atoms with E-state index in [1.807, 2.05) is 0 Å². The van der Waals surface area contributed by atoms with E-state index in [0.717, 1.165) is 0 Å². The summed E-state index contributed by atoms with van der Waals surface area (Å²) in [5, 5.41) is 0. The average Bonchev–Trinajstić information content (AvgIpc) is 2.52. The zero-order valence-corrected chi connectivity index (χ0v) is 15.9. The molecule has 3 rings (SSSR count). The number of hydrogen-bond acceptors (Lipinski definition) is 0. The van der Waals surface area contributed by atoms with Gasteiger partial charge >= 0.3 is 135 Å². The Labute approximate surface area is 135 Å². The van der Waals surface area contributed by atoms with Gasteiger partial charge in [0.1, 0.15) is 0 Å². The molecular weight excluding hydrogens is 449 g/mol. The Bertz CT molecular complexity index is 678. The summed E-state index contributed by atoms with van der Waals surface area (Å²) < 4.78 is 4.68. The second kappa shape index (κ2) is 6.54. The average molecular weight is 468 g/mol. The molecule has 21 heavy (non-hydrogen) atoms. The first-order valence-corrected chi connectivity index (χ1v) is 12.4. The van der Waals surface area contributed by atoms with Gasteiger partial charge in [-0.25, -0.2) is 0 Å². The van der Waals surface area contributed by atoms with Crippen molar-refractivity contribution in [1.29, 1.82) is 0 Å². The Kier molecular flexibility index (Phi) is 4.51.